The Morgan fingerprint density at radius 1 is 1.56 bits per heavy atom. The van der Waals surface area contributed by atoms with Crippen LogP contribution >= 0.6 is 0 Å². The van der Waals surface area contributed by atoms with E-state index < -0.39 is 5.97 Å². The van der Waals surface area contributed by atoms with Gasteiger partial charge in [0.15, 0.2) is 0 Å². The smallest absolute Gasteiger partial charge is 0.339 e. The third-order valence-electron chi connectivity index (χ3n) is 2.52. The first-order valence-electron chi connectivity index (χ1n) is 5.42. The fraction of sp³-hybridized carbons (Fsp3) is 0.364. The van der Waals surface area contributed by atoms with Gasteiger partial charge in [-0.25, -0.2) is 4.79 Å². The summed E-state index contributed by atoms with van der Waals surface area (Å²) in [5.74, 6) is 0.0740. The summed E-state index contributed by atoms with van der Waals surface area (Å²) in [6.07, 6.45) is 1.65. The maximum absolute atomic E-state index is 10.9. The van der Waals surface area contributed by atoms with Crippen molar-refractivity contribution in [2.45, 2.75) is 20.0 Å². The minimum atomic E-state index is -0.971. The molecule has 0 aliphatic carbocycles. The highest BCUT2D eigenvalue weighted by atomic mass is 16.4. The Morgan fingerprint density at radius 3 is 2.89 bits per heavy atom. The SMILES string of the molecule is Cc1oc(CN(C)Cc2cn[nH]n2)cc1C(=O)O. The van der Waals surface area contributed by atoms with Crippen LogP contribution < -0.4 is 0 Å². The number of hydrogen-bond donors (Lipinski definition) is 2. The number of furan rings is 1. The van der Waals surface area contributed by atoms with Gasteiger partial charge in [0.25, 0.3) is 0 Å². The van der Waals surface area contributed by atoms with Gasteiger partial charge in [0, 0.05) is 6.54 Å². The van der Waals surface area contributed by atoms with Crippen LogP contribution in [0.3, 0.4) is 0 Å². The summed E-state index contributed by atoms with van der Waals surface area (Å²) in [4.78, 5) is 12.8. The van der Waals surface area contributed by atoms with Gasteiger partial charge in [0.1, 0.15) is 17.1 Å². The van der Waals surface area contributed by atoms with E-state index in [2.05, 4.69) is 15.4 Å². The lowest BCUT2D eigenvalue weighted by molar-refractivity contribution is 0.0695. The number of aryl methyl sites for hydroxylation is 1. The number of carbonyl (C=O) groups is 1. The molecule has 2 aromatic heterocycles. The molecule has 0 amide bonds. The van der Waals surface area contributed by atoms with Crippen LogP contribution in [0.2, 0.25) is 0 Å². The molecule has 2 aromatic rings. The number of hydrogen-bond acceptors (Lipinski definition) is 5. The van der Waals surface area contributed by atoms with Crippen molar-refractivity contribution in [2.24, 2.45) is 0 Å². The Hall–Kier alpha value is -2.15. The van der Waals surface area contributed by atoms with Crippen LogP contribution in [-0.2, 0) is 13.1 Å². The molecule has 0 aliphatic heterocycles. The summed E-state index contributed by atoms with van der Waals surface area (Å²) in [6, 6.07) is 1.55. The number of carboxylic acids is 1. The van der Waals surface area contributed by atoms with Crippen LogP contribution in [0.5, 0.6) is 0 Å². The number of aromatic amines is 1. The zero-order valence-corrected chi connectivity index (χ0v) is 10.2. The summed E-state index contributed by atoms with van der Waals surface area (Å²) in [6.45, 7) is 2.77. The third kappa shape index (κ3) is 2.75. The second-order valence-electron chi connectivity index (χ2n) is 4.12. The molecule has 0 aliphatic rings. The lowest BCUT2D eigenvalue weighted by Gasteiger charge is -2.12. The second-order valence-corrected chi connectivity index (χ2v) is 4.12. The van der Waals surface area contributed by atoms with Crippen molar-refractivity contribution in [2.75, 3.05) is 7.05 Å². The van der Waals surface area contributed by atoms with E-state index in [9.17, 15) is 4.79 Å². The van der Waals surface area contributed by atoms with Gasteiger partial charge in [-0.1, -0.05) is 0 Å². The van der Waals surface area contributed by atoms with E-state index in [-0.39, 0.29) is 5.56 Å². The van der Waals surface area contributed by atoms with Crippen LogP contribution in [0.25, 0.3) is 0 Å². The molecule has 0 fully saturated rings. The molecular formula is C11H14N4O3. The number of aromatic nitrogens is 3. The van der Waals surface area contributed by atoms with Crippen molar-refractivity contribution >= 4 is 5.97 Å². The average Bonchev–Trinajstić information content (AvgIpc) is 2.88. The van der Waals surface area contributed by atoms with Crippen LogP contribution in [-0.4, -0.2) is 38.4 Å². The van der Waals surface area contributed by atoms with E-state index in [0.717, 1.165) is 5.69 Å². The lowest BCUT2D eigenvalue weighted by Crippen LogP contribution is -2.17. The summed E-state index contributed by atoms with van der Waals surface area (Å²) in [5, 5.41) is 19.1. The van der Waals surface area contributed by atoms with Gasteiger partial charge in [-0.3, -0.25) is 4.90 Å². The maximum Gasteiger partial charge on any atom is 0.339 e. The topological polar surface area (TPSA) is 95.3 Å². The van der Waals surface area contributed by atoms with E-state index >= 15 is 0 Å². The van der Waals surface area contributed by atoms with E-state index in [1.54, 1.807) is 19.2 Å². The standard InChI is InChI=1S/C11H14N4O3/c1-7-10(11(16)17)3-9(18-7)6-15(2)5-8-4-12-14-13-8/h3-4H,5-6H2,1-2H3,(H,16,17)(H,12,13,14). The maximum atomic E-state index is 10.9. The molecule has 96 valence electrons. The number of H-pyrrole nitrogens is 1. The average molecular weight is 250 g/mol. The van der Waals surface area contributed by atoms with E-state index in [1.165, 1.54) is 0 Å². The minimum Gasteiger partial charge on any atom is -0.478 e. The largest absolute Gasteiger partial charge is 0.478 e. The van der Waals surface area contributed by atoms with Crippen molar-refractivity contribution < 1.29 is 14.3 Å². The Morgan fingerprint density at radius 2 is 2.33 bits per heavy atom. The van der Waals surface area contributed by atoms with Crippen LogP contribution in [0.1, 0.15) is 27.6 Å². The van der Waals surface area contributed by atoms with E-state index in [1.807, 2.05) is 11.9 Å². The summed E-state index contributed by atoms with van der Waals surface area (Å²) in [7, 11) is 1.90. The predicted octanol–water partition coefficient (Wildman–Crippen LogP) is 1.04. The molecule has 7 nitrogen and oxygen atoms in total. The third-order valence-corrected chi connectivity index (χ3v) is 2.52. The first kappa shape index (κ1) is 12.3. The van der Waals surface area contributed by atoms with Gasteiger partial charge in [0.05, 0.1) is 18.4 Å². The van der Waals surface area contributed by atoms with Crippen molar-refractivity contribution in [1.29, 1.82) is 0 Å². The predicted molar refractivity (Wildman–Crippen MR) is 62.0 cm³/mol. The molecule has 2 rings (SSSR count). The van der Waals surface area contributed by atoms with E-state index in [4.69, 9.17) is 9.52 Å². The number of rotatable bonds is 5. The molecule has 0 unspecified atom stereocenters. The summed E-state index contributed by atoms with van der Waals surface area (Å²) < 4.78 is 5.40. The highest BCUT2D eigenvalue weighted by Gasteiger charge is 2.15. The Labute approximate surface area is 103 Å². The molecule has 0 bridgehead atoms. The molecule has 0 aromatic carbocycles. The van der Waals surface area contributed by atoms with Gasteiger partial charge in [-0.2, -0.15) is 15.4 Å². The monoisotopic (exact) mass is 250 g/mol. The summed E-state index contributed by atoms with van der Waals surface area (Å²) >= 11 is 0. The van der Waals surface area contributed by atoms with Gasteiger partial charge in [0.2, 0.25) is 0 Å². The number of nitrogens with one attached hydrogen (secondary N) is 1. The molecule has 0 saturated heterocycles. The molecule has 0 radical (unpaired) electrons. The molecule has 18 heavy (non-hydrogen) atoms. The Bertz CT molecular complexity index is 532. The fourth-order valence-corrected chi connectivity index (χ4v) is 1.73. The molecule has 0 spiro atoms. The zero-order chi connectivity index (χ0) is 13.1. The molecule has 0 atom stereocenters. The van der Waals surface area contributed by atoms with Crippen molar-refractivity contribution in [3.63, 3.8) is 0 Å². The zero-order valence-electron chi connectivity index (χ0n) is 10.2. The number of nitrogens with zero attached hydrogens (tertiary/aromatic N) is 3. The van der Waals surface area contributed by atoms with Crippen LogP contribution in [0.4, 0.5) is 0 Å². The Balaban J connectivity index is 2.01. The minimum absolute atomic E-state index is 0.208. The van der Waals surface area contributed by atoms with E-state index in [0.29, 0.717) is 24.6 Å². The van der Waals surface area contributed by atoms with Gasteiger partial charge in [-0.05, 0) is 20.0 Å². The highest BCUT2D eigenvalue weighted by molar-refractivity contribution is 5.88. The number of carboxylic acid groups (broad SMARTS) is 1. The molecule has 0 saturated carbocycles. The first-order valence-corrected chi connectivity index (χ1v) is 5.42. The summed E-state index contributed by atoms with van der Waals surface area (Å²) in [5.41, 5.74) is 1.03. The van der Waals surface area contributed by atoms with Crippen molar-refractivity contribution in [3.05, 3.63) is 35.0 Å². The van der Waals surface area contributed by atoms with Crippen LogP contribution in [0.15, 0.2) is 16.7 Å². The quantitative estimate of drug-likeness (QED) is 0.823. The van der Waals surface area contributed by atoms with Crippen molar-refractivity contribution in [1.82, 2.24) is 20.3 Å². The van der Waals surface area contributed by atoms with Gasteiger partial charge >= 0.3 is 5.97 Å². The highest BCUT2D eigenvalue weighted by Crippen LogP contribution is 2.16. The Kier molecular flexibility index (Phi) is 3.42. The molecular weight excluding hydrogens is 236 g/mol. The lowest BCUT2D eigenvalue weighted by atomic mass is 10.2. The van der Waals surface area contributed by atoms with Gasteiger partial charge in [-0.15, -0.1) is 0 Å². The van der Waals surface area contributed by atoms with Crippen LogP contribution in [0, 0.1) is 6.92 Å². The molecule has 7 heteroatoms. The normalized spacial score (nSPS) is 11.1. The van der Waals surface area contributed by atoms with Crippen molar-refractivity contribution in [3.8, 4) is 0 Å². The first-order chi connectivity index (χ1) is 8.56. The second kappa shape index (κ2) is 5.01. The molecule has 2 heterocycles. The van der Waals surface area contributed by atoms with Gasteiger partial charge < -0.3 is 9.52 Å². The number of aromatic carboxylic acids is 1. The molecule has 2 N–H and O–H groups in total. The fourth-order valence-electron chi connectivity index (χ4n) is 1.73.